The Morgan fingerprint density at radius 1 is 0.583 bits per heavy atom. The maximum atomic E-state index is 4.94. The molecule has 12 heavy (non-hydrogen) atoms. The molecular weight excluding hydrogens is 152 g/mol. The summed E-state index contributed by atoms with van der Waals surface area (Å²) >= 11 is 0. The van der Waals surface area contributed by atoms with Crippen LogP contribution in [-0.4, -0.2) is 26.4 Å². The summed E-state index contributed by atoms with van der Waals surface area (Å²) in [5, 5.41) is 0. The Hall–Kier alpha value is -0.520. The molecule has 70 valence electrons. The monoisotopic (exact) mass is 170 g/mol. The van der Waals surface area contributed by atoms with Gasteiger partial charge in [0.05, 0.1) is 0 Å². The Kier molecular flexibility index (Phi) is 10.0. The van der Waals surface area contributed by atoms with E-state index < -0.39 is 0 Å². The Balaban J connectivity index is 0.000000168. The van der Waals surface area contributed by atoms with Gasteiger partial charge in [-0.05, 0) is 25.7 Å². The van der Waals surface area contributed by atoms with Crippen LogP contribution in [0.2, 0.25) is 0 Å². The summed E-state index contributed by atoms with van der Waals surface area (Å²) in [7, 11) is 0. The second kappa shape index (κ2) is 10.5. The molecule has 2 rings (SSSR count). The number of hydrogen-bond donors (Lipinski definition) is 0. The fourth-order valence-corrected chi connectivity index (χ4v) is 1.02. The van der Waals surface area contributed by atoms with E-state index in [9.17, 15) is 0 Å². The smallest absolute Gasteiger partial charge is 0.0466 e. The minimum atomic E-state index is 1.00. The molecule has 0 radical (unpaired) electrons. The van der Waals surface area contributed by atoms with Gasteiger partial charge < -0.3 is 9.47 Å². The first-order valence-corrected chi connectivity index (χ1v) is 4.49. The van der Waals surface area contributed by atoms with Crippen molar-refractivity contribution in [3.05, 3.63) is 0 Å². The van der Waals surface area contributed by atoms with Crippen LogP contribution in [0, 0.1) is 12.8 Å². The maximum Gasteiger partial charge on any atom is 0.0466 e. The summed E-state index contributed by atoms with van der Waals surface area (Å²) in [5.74, 6) is 0. The van der Waals surface area contributed by atoms with Crippen LogP contribution in [0.5, 0.6) is 0 Å². The molecule has 2 aliphatic heterocycles. The van der Waals surface area contributed by atoms with Crippen LogP contribution < -0.4 is 0 Å². The normalized spacial score (nSPS) is 20.2. The molecule has 0 aromatic carbocycles. The highest BCUT2D eigenvalue weighted by atomic mass is 16.5. The van der Waals surface area contributed by atoms with E-state index in [-0.39, 0.29) is 0 Å². The largest absolute Gasteiger partial charge is 0.381 e. The second-order valence-corrected chi connectivity index (χ2v) is 2.64. The molecule has 2 nitrogen and oxygen atoms in total. The zero-order valence-corrected chi connectivity index (χ0v) is 7.63. The van der Waals surface area contributed by atoms with Gasteiger partial charge in [-0.1, -0.05) is 0 Å². The third-order valence-electron chi connectivity index (χ3n) is 1.65. The van der Waals surface area contributed by atoms with Crippen molar-refractivity contribution in [2.75, 3.05) is 26.4 Å². The first kappa shape index (κ1) is 11.5. The molecular formula is C10H18O2. The number of rotatable bonds is 0. The van der Waals surface area contributed by atoms with E-state index in [4.69, 9.17) is 9.47 Å². The summed E-state index contributed by atoms with van der Waals surface area (Å²) in [6.45, 7) is 4.00. The molecule has 0 aromatic rings. The van der Waals surface area contributed by atoms with Crippen LogP contribution >= 0.6 is 0 Å². The Bertz CT molecular complexity index is 66.0. The van der Waals surface area contributed by atoms with E-state index in [0.29, 0.717) is 0 Å². The molecule has 0 amide bonds. The van der Waals surface area contributed by atoms with Gasteiger partial charge in [0, 0.05) is 26.4 Å². The molecule has 2 aliphatic rings. The molecule has 0 atom stereocenters. The third-order valence-corrected chi connectivity index (χ3v) is 1.65. The lowest BCUT2D eigenvalue weighted by Crippen LogP contribution is -1.74. The van der Waals surface area contributed by atoms with Crippen molar-refractivity contribution in [3.63, 3.8) is 0 Å². The molecule has 0 spiro atoms. The fourth-order valence-electron chi connectivity index (χ4n) is 1.02. The molecule has 2 fully saturated rings. The van der Waals surface area contributed by atoms with Gasteiger partial charge in [-0.2, -0.15) is 0 Å². The fraction of sp³-hybridized carbons (Fsp3) is 0.800. The highest BCUT2D eigenvalue weighted by Crippen LogP contribution is 1.98. The molecule has 2 saturated heterocycles. The first-order chi connectivity index (χ1) is 6.00. The van der Waals surface area contributed by atoms with Gasteiger partial charge in [-0.15, -0.1) is 12.8 Å². The average molecular weight is 170 g/mol. The Morgan fingerprint density at radius 3 is 0.917 bits per heavy atom. The van der Waals surface area contributed by atoms with E-state index in [1.54, 1.807) is 0 Å². The summed E-state index contributed by atoms with van der Waals surface area (Å²) in [6, 6.07) is 0. The third kappa shape index (κ3) is 7.59. The molecule has 0 unspecified atom stereocenters. The minimum absolute atomic E-state index is 1.00. The van der Waals surface area contributed by atoms with Gasteiger partial charge in [0.2, 0.25) is 0 Å². The molecule has 2 heterocycles. The molecule has 0 aliphatic carbocycles. The zero-order valence-electron chi connectivity index (χ0n) is 7.63. The van der Waals surface area contributed by atoms with Gasteiger partial charge >= 0.3 is 0 Å². The lowest BCUT2D eigenvalue weighted by Gasteiger charge is -1.76. The van der Waals surface area contributed by atoms with Crippen molar-refractivity contribution in [2.45, 2.75) is 25.7 Å². The SMILES string of the molecule is C#C.C1CCOC1.C1CCOC1. The predicted molar refractivity (Wildman–Crippen MR) is 50.0 cm³/mol. The van der Waals surface area contributed by atoms with Crippen molar-refractivity contribution < 1.29 is 9.47 Å². The Labute approximate surface area is 75.3 Å². The molecule has 0 N–H and O–H groups in total. The van der Waals surface area contributed by atoms with Crippen LogP contribution in [0.3, 0.4) is 0 Å². The number of hydrogen-bond acceptors (Lipinski definition) is 2. The van der Waals surface area contributed by atoms with Crippen molar-refractivity contribution in [2.24, 2.45) is 0 Å². The zero-order chi connectivity index (χ0) is 9.07. The maximum absolute atomic E-state index is 4.94. The summed E-state index contributed by atoms with van der Waals surface area (Å²) in [6.07, 6.45) is 13.1. The quantitative estimate of drug-likeness (QED) is 0.516. The van der Waals surface area contributed by atoms with E-state index in [1.165, 1.54) is 25.7 Å². The summed E-state index contributed by atoms with van der Waals surface area (Å²) < 4.78 is 9.89. The van der Waals surface area contributed by atoms with Crippen molar-refractivity contribution in [1.29, 1.82) is 0 Å². The predicted octanol–water partition coefficient (Wildman–Crippen LogP) is 1.84. The standard InChI is InChI=1S/2C4H8O.C2H2/c2*1-2-4-5-3-1;1-2/h2*1-4H2;1-2H. The molecule has 0 bridgehead atoms. The topological polar surface area (TPSA) is 18.5 Å². The van der Waals surface area contributed by atoms with E-state index in [1.807, 2.05) is 0 Å². The van der Waals surface area contributed by atoms with Crippen molar-refractivity contribution in [3.8, 4) is 12.8 Å². The lowest BCUT2D eigenvalue weighted by atomic mass is 10.4. The van der Waals surface area contributed by atoms with Gasteiger partial charge in [0.1, 0.15) is 0 Å². The van der Waals surface area contributed by atoms with Crippen LogP contribution in [0.1, 0.15) is 25.7 Å². The van der Waals surface area contributed by atoms with Gasteiger partial charge in [-0.25, -0.2) is 0 Å². The first-order valence-electron chi connectivity index (χ1n) is 4.49. The molecule has 0 aromatic heterocycles. The van der Waals surface area contributed by atoms with E-state index in [0.717, 1.165) is 26.4 Å². The minimum Gasteiger partial charge on any atom is -0.381 e. The van der Waals surface area contributed by atoms with Crippen LogP contribution in [0.4, 0.5) is 0 Å². The van der Waals surface area contributed by atoms with E-state index >= 15 is 0 Å². The van der Waals surface area contributed by atoms with E-state index in [2.05, 4.69) is 12.8 Å². The van der Waals surface area contributed by atoms with Gasteiger partial charge in [0.25, 0.3) is 0 Å². The van der Waals surface area contributed by atoms with Gasteiger partial charge in [0.15, 0.2) is 0 Å². The summed E-state index contributed by atoms with van der Waals surface area (Å²) in [4.78, 5) is 0. The van der Waals surface area contributed by atoms with Crippen molar-refractivity contribution >= 4 is 0 Å². The Morgan fingerprint density at radius 2 is 0.833 bits per heavy atom. The highest BCUT2D eigenvalue weighted by Gasteiger charge is 1.95. The number of ether oxygens (including phenoxy) is 2. The molecule has 0 saturated carbocycles. The number of terminal acetylenes is 1. The lowest BCUT2D eigenvalue weighted by molar-refractivity contribution is 0.198. The van der Waals surface area contributed by atoms with Crippen LogP contribution in [0.25, 0.3) is 0 Å². The average Bonchev–Trinajstić information content (AvgIpc) is 2.87. The van der Waals surface area contributed by atoms with Crippen LogP contribution in [0.15, 0.2) is 0 Å². The van der Waals surface area contributed by atoms with Crippen LogP contribution in [-0.2, 0) is 9.47 Å². The van der Waals surface area contributed by atoms with Crippen molar-refractivity contribution in [1.82, 2.24) is 0 Å². The van der Waals surface area contributed by atoms with Gasteiger partial charge in [-0.3, -0.25) is 0 Å². The highest BCUT2D eigenvalue weighted by molar-refractivity contribution is 4.47. The molecule has 2 heteroatoms. The second-order valence-electron chi connectivity index (χ2n) is 2.64. The summed E-state index contributed by atoms with van der Waals surface area (Å²) in [5.41, 5.74) is 0.